The predicted molar refractivity (Wildman–Crippen MR) is 158 cm³/mol. The maximum absolute atomic E-state index is 13.9. The van der Waals surface area contributed by atoms with Crippen molar-refractivity contribution in [1.82, 2.24) is 4.72 Å². The van der Waals surface area contributed by atoms with Gasteiger partial charge in [-0.15, -0.1) is 0 Å². The fourth-order valence-corrected chi connectivity index (χ4v) is 7.26. The minimum absolute atomic E-state index is 0.0128. The van der Waals surface area contributed by atoms with E-state index in [2.05, 4.69) is 4.72 Å². The van der Waals surface area contributed by atoms with Crippen LogP contribution in [0, 0.1) is 13.8 Å². The van der Waals surface area contributed by atoms with Crippen LogP contribution in [-0.2, 0) is 33.1 Å². The number of nitrogens with one attached hydrogen (secondary N) is 1. The summed E-state index contributed by atoms with van der Waals surface area (Å²) in [6, 6.07) is 28.8. The molecule has 0 saturated heterocycles. The summed E-state index contributed by atoms with van der Waals surface area (Å²) in [7, 11) is -7.90. The van der Waals surface area contributed by atoms with E-state index in [0.29, 0.717) is 17.7 Å². The molecule has 0 radical (unpaired) electrons. The Balaban J connectivity index is 1.69. The molecular weight excluding hydrogens is 544 g/mol. The Kier molecular flexibility index (Phi) is 9.42. The number of aliphatic hydroxyl groups is 1. The third kappa shape index (κ3) is 7.17. The van der Waals surface area contributed by atoms with Gasteiger partial charge in [-0.05, 0) is 62.6 Å². The van der Waals surface area contributed by atoms with Crippen molar-refractivity contribution in [1.29, 1.82) is 0 Å². The predicted octanol–water partition coefficient (Wildman–Crippen LogP) is 4.97. The van der Waals surface area contributed by atoms with E-state index in [4.69, 9.17) is 0 Å². The van der Waals surface area contributed by atoms with Crippen molar-refractivity contribution in [2.24, 2.45) is 0 Å². The molecule has 2 N–H and O–H groups in total. The highest BCUT2D eigenvalue weighted by Crippen LogP contribution is 2.28. The highest BCUT2D eigenvalue weighted by Gasteiger charge is 2.29. The van der Waals surface area contributed by atoms with E-state index < -0.39 is 26.1 Å². The molecule has 0 aliphatic carbocycles. The number of nitrogens with zero attached hydrogens (tertiary/aromatic N) is 1. The molecule has 1 atom stereocenters. The number of benzene rings is 4. The lowest BCUT2D eigenvalue weighted by Gasteiger charge is -2.29. The summed E-state index contributed by atoms with van der Waals surface area (Å²) in [4.78, 5) is 0.261. The lowest BCUT2D eigenvalue weighted by atomic mass is 10.0. The topological polar surface area (TPSA) is 104 Å². The molecule has 210 valence electrons. The second-order valence-electron chi connectivity index (χ2n) is 9.79. The van der Waals surface area contributed by atoms with Crippen LogP contribution in [0.1, 0.15) is 28.7 Å². The van der Waals surface area contributed by atoms with Crippen LogP contribution in [0.2, 0.25) is 0 Å². The van der Waals surface area contributed by atoms with E-state index in [1.54, 1.807) is 72.8 Å². The number of rotatable bonds is 12. The summed E-state index contributed by atoms with van der Waals surface area (Å²) in [5, 5.41) is 10.00. The van der Waals surface area contributed by atoms with Gasteiger partial charge in [0.05, 0.1) is 22.1 Å². The van der Waals surface area contributed by atoms with E-state index in [1.165, 1.54) is 4.31 Å². The number of anilines is 1. The number of aliphatic hydroxyl groups excluding tert-OH is 1. The van der Waals surface area contributed by atoms with Crippen LogP contribution in [0.25, 0.3) is 0 Å². The molecule has 9 heteroatoms. The molecule has 4 aromatic carbocycles. The third-order valence-corrected chi connectivity index (χ3v) is 10.1. The van der Waals surface area contributed by atoms with Gasteiger partial charge in [0.2, 0.25) is 10.0 Å². The summed E-state index contributed by atoms with van der Waals surface area (Å²) in [6.45, 7) is 3.41. The highest BCUT2D eigenvalue weighted by molar-refractivity contribution is 7.92. The lowest BCUT2D eigenvalue weighted by molar-refractivity contribution is 0.282. The lowest BCUT2D eigenvalue weighted by Crippen LogP contribution is -2.41. The molecule has 0 saturated carbocycles. The number of hydrogen-bond donors (Lipinski definition) is 2. The Morgan fingerprint density at radius 3 is 1.88 bits per heavy atom. The summed E-state index contributed by atoms with van der Waals surface area (Å²) in [5.74, 6) is 0. The van der Waals surface area contributed by atoms with Crippen molar-refractivity contribution >= 4 is 25.7 Å². The molecule has 40 heavy (non-hydrogen) atoms. The zero-order valence-corrected chi connectivity index (χ0v) is 24.2. The average Bonchev–Trinajstić information content (AvgIpc) is 2.94. The molecule has 4 aromatic rings. The van der Waals surface area contributed by atoms with Crippen LogP contribution in [0.3, 0.4) is 0 Å². The van der Waals surface area contributed by atoms with E-state index in [0.717, 1.165) is 16.7 Å². The van der Waals surface area contributed by atoms with Gasteiger partial charge in [0.1, 0.15) is 0 Å². The quantitative estimate of drug-likeness (QED) is 0.247. The summed E-state index contributed by atoms with van der Waals surface area (Å²) in [6.07, 6.45) is 0.552. The molecule has 0 aromatic heterocycles. The number of aryl methyl sites for hydroxylation is 2. The van der Waals surface area contributed by atoms with E-state index in [1.807, 2.05) is 44.2 Å². The van der Waals surface area contributed by atoms with Crippen LogP contribution in [0.15, 0.2) is 113 Å². The maximum Gasteiger partial charge on any atom is 0.264 e. The second kappa shape index (κ2) is 12.8. The first-order valence-electron chi connectivity index (χ1n) is 13.0. The molecule has 0 heterocycles. The van der Waals surface area contributed by atoms with Crippen molar-refractivity contribution in [3.8, 4) is 0 Å². The molecule has 0 unspecified atom stereocenters. The van der Waals surface area contributed by atoms with Gasteiger partial charge in [-0.25, -0.2) is 21.6 Å². The summed E-state index contributed by atoms with van der Waals surface area (Å²) < 4.78 is 58.6. The Hall–Kier alpha value is -3.50. The Morgan fingerprint density at radius 1 is 0.725 bits per heavy atom. The van der Waals surface area contributed by atoms with Crippen LogP contribution in [-0.4, -0.2) is 34.5 Å². The molecule has 0 aliphatic heterocycles. The van der Waals surface area contributed by atoms with Gasteiger partial charge in [-0.3, -0.25) is 4.31 Å². The van der Waals surface area contributed by atoms with Gasteiger partial charge in [0.15, 0.2) is 0 Å². The average molecular weight is 579 g/mol. The molecule has 0 aliphatic rings. The summed E-state index contributed by atoms with van der Waals surface area (Å²) >= 11 is 0. The van der Waals surface area contributed by atoms with Gasteiger partial charge in [-0.2, -0.15) is 0 Å². The second-order valence-corrected chi connectivity index (χ2v) is 13.4. The highest BCUT2D eigenvalue weighted by atomic mass is 32.2. The zero-order valence-electron chi connectivity index (χ0n) is 22.6. The fourth-order valence-electron chi connectivity index (χ4n) is 4.47. The molecule has 0 spiro atoms. The van der Waals surface area contributed by atoms with E-state index in [9.17, 15) is 21.9 Å². The smallest absolute Gasteiger partial charge is 0.264 e. The first-order chi connectivity index (χ1) is 19.1. The Bertz CT molecular complexity index is 1620. The number of sulfonamides is 2. The zero-order chi connectivity index (χ0) is 28.8. The van der Waals surface area contributed by atoms with Gasteiger partial charge >= 0.3 is 0 Å². The summed E-state index contributed by atoms with van der Waals surface area (Å²) in [5.41, 5.74) is 3.60. The third-order valence-electron chi connectivity index (χ3n) is 6.70. The van der Waals surface area contributed by atoms with E-state index >= 15 is 0 Å². The van der Waals surface area contributed by atoms with Crippen molar-refractivity contribution in [3.63, 3.8) is 0 Å². The van der Waals surface area contributed by atoms with Crippen LogP contribution in [0.4, 0.5) is 5.69 Å². The van der Waals surface area contributed by atoms with Gasteiger partial charge < -0.3 is 5.11 Å². The van der Waals surface area contributed by atoms with Gasteiger partial charge in [-0.1, -0.05) is 83.9 Å². The molecule has 0 amide bonds. The van der Waals surface area contributed by atoms with Crippen LogP contribution in [0.5, 0.6) is 0 Å². The molecule has 7 nitrogen and oxygen atoms in total. The van der Waals surface area contributed by atoms with Crippen molar-refractivity contribution < 1.29 is 21.9 Å². The standard InChI is InChI=1S/C31H34N2O5S2/c1-24-12-16-29(17-13-24)39(35,36)32-28(22-26-8-4-3-5-9-26)20-21-33(31-11-7-6-10-27(31)23-34)40(37,38)30-18-14-25(2)15-19-30/h3-19,28,32,34H,20-23H2,1-2H3/t28-/m1/s1. The van der Waals surface area contributed by atoms with Crippen molar-refractivity contribution in [2.45, 2.75) is 49.1 Å². The van der Waals surface area contributed by atoms with E-state index in [-0.39, 0.29) is 29.4 Å². The van der Waals surface area contributed by atoms with Gasteiger partial charge in [0.25, 0.3) is 10.0 Å². The molecule has 4 rings (SSSR count). The number of hydrogen-bond acceptors (Lipinski definition) is 5. The first-order valence-corrected chi connectivity index (χ1v) is 15.9. The minimum Gasteiger partial charge on any atom is -0.392 e. The first kappa shape index (κ1) is 29.5. The molecular formula is C31H34N2O5S2. The minimum atomic E-state index is -4.03. The molecule has 0 bridgehead atoms. The number of para-hydroxylation sites is 1. The Labute approximate surface area is 237 Å². The SMILES string of the molecule is Cc1ccc(S(=O)(=O)N[C@H](CCN(c2ccccc2CO)S(=O)(=O)c2ccc(C)cc2)Cc2ccccc2)cc1. The van der Waals surface area contributed by atoms with Crippen LogP contribution < -0.4 is 9.03 Å². The maximum atomic E-state index is 13.9. The monoisotopic (exact) mass is 578 g/mol. The Morgan fingerprint density at radius 2 is 1.27 bits per heavy atom. The normalized spacial score (nSPS) is 12.7. The largest absolute Gasteiger partial charge is 0.392 e. The van der Waals surface area contributed by atoms with Crippen molar-refractivity contribution in [3.05, 3.63) is 125 Å². The fraction of sp³-hybridized carbons (Fsp3) is 0.226. The van der Waals surface area contributed by atoms with Gasteiger partial charge in [0, 0.05) is 18.2 Å². The van der Waals surface area contributed by atoms with Crippen molar-refractivity contribution in [2.75, 3.05) is 10.8 Å². The molecule has 0 fully saturated rings. The van der Waals surface area contributed by atoms with Crippen LogP contribution >= 0.6 is 0 Å².